The van der Waals surface area contributed by atoms with E-state index < -0.39 is 9.84 Å². The van der Waals surface area contributed by atoms with Gasteiger partial charge in [0.2, 0.25) is 9.84 Å². The lowest BCUT2D eigenvalue weighted by molar-refractivity contribution is -0.135. The van der Waals surface area contributed by atoms with Gasteiger partial charge in [0.1, 0.15) is 4.91 Å². The van der Waals surface area contributed by atoms with Crippen LogP contribution in [0.5, 0.6) is 0 Å². The van der Waals surface area contributed by atoms with Gasteiger partial charge in [0.15, 0.2) is 5.78 Å². The first-order valence-electron chi connectivity index (χ1n) is 9.87. The molecule has 146 valence electrons. The van der Waals surface area contributed by atoms with Crippen molar-refractivity contribution in [3.63, 3.8) is 0 Å². The number of hydrogen-bond acceptors (Lipinski definition) is 3. The molecule has 3 aliphatic rings. The summed E-state index contributed by atoms with van der Waals surface area (Å²) in [5.41, 5.74) is 1.82. The van der Waals surface area contributed by atoms with Crippen LogP contribution in [0.4, 0.5) is 0 Å². The molecule has 3 nitrogen and oxygen atoms in total. The molecule has 2 aromatic rings. The van der Waals surface area contributed by atoms with Crippen molar-refractivity contribution in [1.29, 1.82) is 0 Å². The third-order valence-electron chi connectivity index (χ3n) is 6.68. The summed E-state index contributed by atoms with van der Waals surface area (Å²) in [5.74, 6) is -0.252. The van der Waals surface area contributed by atoms with Crippen molar-refractivity contribution >= 4 is 15.6 Å². The zero-order chi connectivity index (χ0) is 20.1. The van der Waals surface area contributed by atoms with Crippen LogP contribution in [0.15, 0.2) is 76.0 Å². The molecule has 5 rings (SSSR count). The summed E-state index contributed by atoms with van der Waals surface area (Å²) in [6.07, 6.45) is 1.50. The molecule has 0 heterocycles. The van der Waals surface area contributed by atoms with E-state index in [1.807, 2.05) is 18.2 Å². The Balaban J connectivity index is 1.85. The Morgan fingerprint density at radius 3 is 2.11 bits per heavy atom. The van der Waals surface area contributed by atoms with Crippen molar-refractivity contribution in [2.75, 3.05) is 0 Å². The third kappa shape index (κ3) is 2.86. The summed E-state index contributed by atoms with van der Waals surface area (Å²) in [6.45, 7) is 6.26. The maximum absolute atomic E-state index is 13.5. The largest absolute Gasteiger partial charge is 0.293 e. The highest BCUT2D eigenvalue weighted by atomic mass is 32.2. The molecule has 2 bridgehead atoms. The number of hydrogen-bond donors (Lipinski definition) is 0. The van der Waals surface area contributed by atoms with Crippen molar-refractivity contribution in [2.45, 2.75) is 38.5 Å². The lowest BCUT2D eigenvalue weighted by atomic mass is 9.47. The fourth-order valence-corrected chi connectivity index (χ4v) is 6.82. The minimum absolute atomic E-state index is 0.00892. The molecule has 0 radical (unpaired) electrons. The zero-order valence-corrected chi connectivity index (χ0v) is 17.4. The topological polar surface area (TPSA) is 51.2 Å². The number of ketones is 1. The van der Waals surface area contributed by atoms with Gasteiger partial charge >= 0.3 is 0 Å². The smallest absolute Gasteiger partial charge is 0.210 e. The fourth-order valence-electron chi connectivity index (χ4n) is 5.01. The second-order valence-electron chi connectivity index (χ2n) is 8.72. The highest BCUT2D eigenvalue weighted by Gasteiger charge is 2.60. The van der Waals surface area contributed by atoms with E-state index in [1.165, 1.54) is 0 Å². The van der Waals surface area contributed by atoms with Crippen LogP contribution >= 0.6 is 0 Å². The van der Waals surface area contributed by atoms with Gasteiger partial charge in [-0.05, 0) is 53.4 Å². The SMILES string of the molecule is C[C@H](Cc1ccccc1)C1=C(S(=O)(=O)c2ccccc2)C(=O)[C@@H]2C[C@H]1C2(C)C. The van der Waals surface area contributed by atoms with Gasteiger partial charge in [-0.15, -0.1) is 0 Å². The minimum Gasteiger partial charge on any atom is -0.293 e. The molecule has 0 unspecified atom stereocenters. The van der Waals surface area contributed by atoms with Crippen LogP contribution in [0.2, 0.25) is 0 Å². The van der Waals surface area contributed by atoms with Gasteiger partial charge < -0.3 is 0 Å². The lowest BCUT2D eigenvalue weighted by Gasteiger charge is -2.57. The minimum atomic E-state index is -3.82. The molecule has 3 aliphatic carbocycles. The van der Waals surface area contributed by atoms with E-state index in [-0.39, 0.29) is 38.8 Å². The summed E-state index contributed by atoms with van der Waals surface area (Å²) in [6, 6.07) is 18.4. The van der Waals surface area contributed by atoms with Gasteiger partial charge in [-0.1, -0.05) is 69.3 Å². The Labute approximate surface area is 167 Å². The molecule has 1 saturated carbocycles. The van der Waals surface area contributed by atoms with Crippen molar-refractivity contribution < 1.29 is 13.2 Å². The highest BCUT2D eigenvalue weighted by Crippen LogP contribution is 2.62. The molecule has 3 atom stereocenters. The Morgan fingerprint density at radius 1 is 0.964 bits per heavy atom. The number of allylic oxidation sites excluding steroid dienone is 2. The average Bonchev–Trinajstić information content (AvgIpc) is 2.68. The van der Waals surface area contributed by atoms with E-state index in [9.17, 15) is 13.2 Å². The Hall–Kier alpha value is -2.20. The summed E-state index contributed by atoms with van der Waals surface area (Å²) < 4.78 is 26.9. The van der Waals surface area contributed by atoms with E-state index in [2.05, 4.69) is 32.9 Å². The normalized spacial score (nSPS) is 24.6. The van der Waals surface area contributed by atoms with Crippen molar-refractivity contribution in [2.24, 2.45) is 23.2 Å². The maximum Gasteiger partial charge on any atom is 0.210 e. The van der Waals surface area contributed by atoms with Gasteiger partial charge in [-0.2, -0.15) is 0 Å². The fraction of sp³-hybridized carbons (Fsp3) is 0.375. The monoisotopic (exact) mass is 394 g/mol. The third-order valence-corrected chi connectivity index (χ3v) is 8.55. The van der Waals surface area contributed by atoms with E-state index >= 15 is 0 Å². The van der Waals surface area contributed by atoms with Gasteiger partial charge in [0, 0.05) is 5.92 Å². The maximum atomic E-state index is 13.5. The predicted octanol–water partition coefficient (Wildman–Crippen LogP) is 4.84. The molecular weight excluding hydrogens is 368 g/mol. The molecular formula is C24H26O3S. The molecule has 2 aromatic carbocycles. The number of rotatable bonds is 5. The molecule has 28 heavy (non-hydrogen) atoms. The lowest BCUT2D eigenvalue weighted by Crippen LogP contribution is -2.56. The van der Waals surface area contributed by atoms with E-state index in [4.69, 9.17) is 0 Å². The van der Waals surface area contributed by atoms with Crippen LogP contribution < -0.4 is 0 Å². The number of sulfone groups is 1. The summed E-state index contributed by atoms with van der Waals surface area (Å²) in [7, 11) is -3.82. The van der Waals surface area contributed by atoms with Crippen LogP contribution in [0.1, 0.15) is 32.8 Å². The summed E-state index contributed by atoms with van der Waals surface area (Å²) >= 11 is 0. The first-order valence-corrected chi connectivity index (χ1v) is 11.3. The molecule has 4 heteroatoms. The van der Waals surface area contributed by atoms with Gasteiger partial charge in [0.25, 0.3) is 0 Å². The zero-order valence-electron chi connectivity index (χ0n) is 16.6. The molecule has 0 N–H and O–H groups in total. The number of fused-ring (bicyclic) bond motifs is 1. The van der Waals surface area contributed by atoms with Gasteiger partial charge in [0.05, 0.1) is 4.90 Å². The van der Waals surface area contributed by atoms with Crippen molar-refractivity contribution in [1.82, 2.24) is 0 Å². The van der Waals surface area contributed by atoms with Crippen LogP contribution in [0.25, 0.3) is 0 Å². The molecule has 0 aromatic heterocycles. The number of benzene rings is 2. The number of Topliss-reactive ketones (excluding diaryl/α,β-unsaturated/α-hetero) is 1. The van der Waals surface area contributed by atoms with E-state index in [0.717, 1.165) is 24.0 Å². The second kappa shape index (κ2) is 6.70. The number of carbonyl (C=O) groups is 1. The van der Waals surface area contributed by atoms with E-state index in [1.54, 1.807) is 30.3 Å². The average molecular weight is 395 g/mol. The Morgan fingerprint density at radius 2 is 1.54 bits per heavy atom. The van der Waals surface area contributed by atoms with Gasteiger partial charge in [-0.3, -0.25) is 4.79 Å². The van der Waals surface area contributed by atoms with E-state index in [0.29, 0.717) is 0 Å². The Bertz CT molecular complexity index is 1030. The van der Waals surface area contributed by atoms with Gasteiger partial charge in [-0.25, -0.2) is 8.42 Å². The molecule has 1 fully saturated rings. The van der Waals surface area contributed by atoms with Crippen LogP contribution in [-0.4, -0.2) is 14.2 Å². The second-order valence-corrected chi connectivity index (χ2v) is 10.6. The summed E-state index contributed by atoms with van der Waals surface area (Å²) in [4.78, 5) is 13.6. The molecule has 0 saturated heterocycles. The van der Waals surface area contributed by atoms with Crippen LogP contribution in [0.3, 0.4) is 0 Å². The van der Waals surface area contributed by atoms with Crippen molar-refractivity contribution in [3.8, 4) is 0 Å². The quantitative estimate of drug-likeness (QED) is 0.729. The van der Waals surface area contributed by atoms with Crippen LogP contribution in [0, 0.1) is 23.2 Å². The first-order chi connectivity index (χ1) is 13.2. The summed E-state index contributed by atoms with van der Waals surface area (Å²) in [5, 5.41) is 0. The highest BCUT2D eigenvalue weighted by molar-refractivity contribution is 7.96. The first kappa shape index (κ1) is 19.1. The predicted molar refractivity (Wildman–Crippen MR) is 110 cm³/mol. The van der Waals surface area contributed by atoms with Crippen LogP contribution in [-0.2, 0) is 21.1 Å². The molecule has 0 aliphatic heterocycles. The molecule has 0 amide bonds. The Kier molecular flexibility index (Phi) is 4.58. The van der Waals surface area contributed by atoms with Crippen molar-refractivity contribution in [3.05, 3.63) is 76.7 Å². The number of carbonyl (C=O) groups excluding carboxylic acids is 1. The standard InChI is InChI=1S/C24H26O3S/c1-16(14-17-10-6-4-7-11-17)21-19-15-20(24(19,2)3)22(25)23(21)28(26,27)18-12-8-5-9-13-18/h4-13,16,19-20H,14-15H2,1-3H3/t16-,19-,20+/m1/s1. The molecule has 0 spiro atoms.